The fourth-order valence-corrected chi connectivity index (χ4v) is 3.26. The average Bonchev–Trinajstić information content (AvgIpc) is 3.03. The van der Waals surface area contributed by atoms with Crippen LogP contribution in [0, 0.1) is 11.6 Å². The number of carbonyl (C=O) groups excluding carboxylic acids is 1. The Morgan fingerprint density at radius 2 is 1.97 bits per heavy atom. The van der Waals surface area contributed by atoms with Gasteiger partial charge in [0.1, 0.15) is 29.4 Å². The Kier molecular flexibility index (Phi) is 5.69. The maximum Gasteiger partial charge on any atom is 0.408 e. The van der Waals surface area contributed by atoms with Crippen LogP contribution in [0.2, 0.25) is 0 Å². The Labute approximate surface area is 173 Å². The zero-order valence-corrected chi connectivity index (χ0v) is 17.5. The number of alkyl carbamates (subject to hydrolysis) is 1. The molecule has 0 fully saturated rings. The first-order chi connectivity index (χ1) is 13.5. The van der Waals surface area contributed by atoms with Crippen LogP contribution < -0.4 is 11.1 Å². The number of ether oxygens (including phenoxy) is 1. The van der Waals surface area contributed by atoms with Crippen molar-refractivity contribution in [3.8, 4) is 0 Å². The summed E-state index contributed by atoms with van der Waals surface area (Å²) in [7, 11) is 0. The minimum absolute atomic E-state index is 0.0310. The largest absolute Gasteiger partial charge is 0.444 e. The van der Waals surface area contributed by atoms with Crippen LogP contribution in [0.4, 0.5) is 19.4 Å². The molecule has 8 nitrogen and oxygen atoms in total. The van der Waals surface area contributed by atoms with E-state index in [0.29, 0.717) is 15.7 Å². The number of aromatic nitrogens is 4. The number of fused-ring (bicyclic) bond motifs is 1. The van der Waals surface area contributed by atoms with Gasteiger partial charge in [-0.15, -0.1) is 0 Å². The lowest BCUT2D eigenvalue weighted by Crippen LogP contribution is -2.36. The van der Waals surface area contributed by atoms with E-state index in [4.69, 9.17) is 10.5 Å². The van der Waals surface area contributed by atoms with Crippen LogP contribution >= 0.6 is 15.9 Å². The first-order valence-corrected chi connectivity index (χ1v) is 9.42. The third kappa shape index (κ3) is 4.97. The molecule has 0 aliphatic carbocycles. The molecule has 3 N–H and O–H groups in total. The predicted molar refractivity (Wildman–Crippen MR) is 105 cm³/mol. The van der Waals surface area contributed by atoms with Crippen LogP contribution in [0.3, 0.4) is 0 Å². The molecular formula is C18H19BrF2N6O2. The van der Waals surface area contributed by atoms with Crippen LogP contribution in [0.5, 0.6) is 0 Å². The molecule has 2 heterocycles. The zero-order valence-electron chi connectivity index (χ0n) is 15.9. The minimum atomic E-state index is -0.815. The molecule has 29 heavy (non-hydrogen) atoms. The summed E-state index contributed by atoms with van der Waals surface area (Å²) in [4.78, 5) is 20.8. The van der Waals surface area contributed by atoms with Crippen LogP contribution in [-0.4, -0.2) is 31.3 Å². The monoisotopic (exact) mass is 468 g/mol. The Morgan fingerprint density at radius 3 is 2.59 bits per heavy atom. The van der Waals surface area contributed by atoms with Crippen molar-refractivity contribution in [3.63, 3.8) is 0 Å². The fourth-order valence-electron chi connectivity index (χ4n) is 2.72. The van der Waals surface area contributed by atoms with E-state index < -0.39 is 29.4 Å². The molecule has 0 spiro atoms. The van der Waals surface area contributed by atoms with Gasteiger partial charge in [-0.1, -0.05) is 0 Å². The SMILES string of the molecule is CC(C)(C)OC(=O)N[C@@H](Cc1cc(F)cc(F)c1)c1nc2ncnn2c(N)c1Br. The normalized spacial score (nSPS) is 12.8. The zero-order chi connectivity index (χ0) is 21.3. The van der Waals surface area contributed by atoms with Gasteiger partial charge in [-0.25, -0.2) is 18.6 Å². The summed E-state index contributed by atoms with van der Waals surface area (Å²) in [6, 6.07) is 2.32. The summed E-state index contributed by atoms with van der Waals surface area (Å²) in [6.45, 7) is 5.16. The molecule has 0 saturated heterocycles. The number of nitrogens with one attached hydrogen (secondary N) is 1. The maximum absolute atomic E-state index is 13.7. The van der Waals surface area contributed by atoms with E-state index in [9.17, 15) is 13.6 Å². The molecule has 1 aromatic carbocycles. The smallest absolute Gasteiger partial charge is 0.408 e. The molecule has 1 atom stereocenters. The van der Waals surface area contributed by atoms with E-state index in [1.165, 1.54) is 23.0 Å². The number of halogens is 3. The molecule has 154 valence electrons. The van der Waals surface area contributed by atoms with Gasteiger partial charge in [0.15, 0.2) is 0 Å². The third-order valence-corrected chi connectivity index (χ3v) is 4.62. The molecular weight excluding hydrogens is 450 g/mol. The number of rotatable bonds is 4. The fraction of sp³-hybridized carbons (Fsp3) is 0.333. The van der Waals surface area contributed by atoms with Gasteiger partial charge in [0, 0.05) is 6.07 Å². The first-order valence-electron chi connectivity index (χ1n) is 8.62. The van der Waals surface area contributed by atoms with Crippen molar-refractivity contribution < 1.29 is 18.3 Å². The highest BCUT2D eigenvalue weighted by Crippen LogP contribution is 2.30. The Bertz CT molecular complexity index is 1050. The molecule has 3 aromatic rings. The van der Waals surface area contributed by atoms with Gasteiger partial charge < -0.3 is 15.8 Å². The third-order valence-electron chi connectivity index (χ3n) is 3.81. The van der Waals surface area contributed by atoms with Gasteiger partial charge in [0.2, 0.25) is 0 Å². The van der Waals surface area contributed by atoms with Crippen LogP contribution in [-0.2, 0) is 11.2 Å². The number of amides is 1. The Morgan fingerprint density at radius 1 is 1.31 bits per heavy atom. The van der Waals surface area contributed by atoms with Crippen molar-refractivity contribution in [1.82, 2.24) is 24.9 Å². The number of nitrogens with zero attached hydrogens (tertiary/aromatic N) is 4. The molecule has 0 radical (unpaired) electrons. The van der Waals surface area contributed by atoms with Gasteiger partial charge in [0.25, 0.3) is 5.78 Å². The summed E-state index contributed by atoms with van der Waals surface area (Å²) < 4.78 is 34.3. The van der Waals surface area contributed by atoms with Crippen molar-refractivity contribution >= 4 is 33.6 Å². The number of hydrogen-bond acceptors (Lipinski definition) is 6. The van der Waals surface area contributed by atoms with Crippen LogP contribution in [0.25, 0.3) is 5.78 Å². The summed E-state index contributed by atoms with van der Waals surface area (Å²) in [5.41, 5.74) is 5.98. The van der Waals surface area contributed by atoms with E-state index in [1.54, 1.807) is 20.8 Å². The number of anilines is 1. The molecule has 0 unspecified atom stereocenters. The number of nitrogen functional groups attached to an aromatic ring is 1. The molecule has 0 aliphatic rings. The standard InChI is InChI=1S/C18H19BrF2N6O2/c1-18(2,3)29-17(28)25-12(6-9-4-10(20)7-11(21)5-9)14-13(19)15(22)27-16(26-14)23-8-24-27/h4-5,7-8,12H,6,22H2,1-3H3,(H,25,28)/t12-/m0/s1. The molecule has 0 aliphatic heterocycles. The second-order valence-electron chi connectivity index (χ2n) is 7.35. The summed E-state index contributed by atoms with van der Waals surface area (Å²) >= 11 is 3.36. The summed E-state index contributed by atoms with van der Waals surface area (Å²) in [5, 5.41) is 6.66. The van der Waals surface area contributed by atoms with Gasteiger partial charge in [-0.05, 0) is 60.8 Å². The van der Waals surface area contributed by atoms with Crippen molar-refractivity contribution in [2.75, 3.05) is 5.73 Å². The van der Waals surface area contributed by atoms with E-state index in [0.717, 1.165) is 6.07 Å². The summed E-state index contributed by atoms with van der Waals surface area (Å²) in [5.74, 6) is -1.03. The van der Waals surface area contributed by atoms with Crippen LogP contribution in [0.15, 0.2) is 29.0 Å². The lowest BCUT2D eigenvalue weighted by molar-refractivity contribution is 0.0502. The van der Waals surface area contributed by atoms with E-state index in [-0.39, 0.29) is 18.0 Å². The number of nitrogens with two attached hydrogens (primary N) is 1. The maximum atomic E-state index is 13.7. The van der Waals surface area contributed by atoms with Gasteiger partial charge in [-0.3, -0.25) is 0 Å². The lowest BCUT2D eigenvalue weighted by Gasteiger charge is -2.24. The number of hydrogen-bond donors (Lipinski definition) is 2. The predicted octanol–water partition coefficient (Wildman–Crippen LogP) is 3.56. The van der Waals surface area contributed by atoms with Gasteiger partial charge in [-0.2, -0.15) is 14.6 Å². The molecule has 11 heteroatoms. The highest BCUT2D eigenvalue weighted by molar-refractivity contribution is 9.10. The minimum Gasteiger partial charge on any atom is -0.444 e. The number of benzene rings is 1. The van der Waals surface area contributed by atoms with E-state index >= 15 is 0 Å². The van der Waals surface area contributed by atoms with E-state index in [2.05, 4.69) is 36.3 Å². The molecule has 0 bridgehead atoms. The van der Waals surface area contributed by atoms with Crippen molar-refractivity contribution in [1.29, 1.82) is 0 Å². The Hall–Kier alpha value is -2.82. The van der Waals surface area contributed by atoms with Crippen molar-refractivity contribution in [2.45, 2.75) is 38.8 Å². The first kappa shape index (κ1) is 20.9. The molecule has 3 rings (SSSR count). The average molecular weight is 469 g/mol. The molecule has 2 aromatic heterocycles. The van der Waals surface area contributed by atoms with E-state index in [1.807, 2.05) is 0 Å². The second-order valence-corrected chi connectivity index (χ2v) is 8.14. The van der Waals surface area contributed by atoms with Gasteiger partial charge >= 0.3 is 6.09 Å². The van der Waals surface area contributed by atoms with Crippen molar-refractivity contribution in [3.05, 3.63) is 51.9 Å². The number of carbonyl (C=O) groups is 1. The highest BCUT2D eigenvalue weighted by atomic mass is 79.9. The van der Waals surface area contributed by atoms with Gasteiger partial charge in [0.05, 0.1) is 16.2 Å². The van der Waals surface area contributed by atoms with Crippen LogP contribution in [0.1, 0.15) is 38.1 Å². The lowest BCUT2D eigenvalue weighted by atomic mass is 10.0. The quantitative estimate of drug-likeness (QED) is 0.605. The summed E-state index contributed by atoms with van der Waals surface area (Å²) in [6.07, 6.45) is 0.601. The van der Waals surface area contributed by atoms with Crippen molar-refractivity contribution in [2.24, 2.45) is 0 Å². The highest BCUT2D eigenvalue weighted by Gasteiger charge is 2.26. The molecule has 0 saturated carbocycles. The molecule has 1 amide bonds. The second kappa shape index (κ2) is 7.90. The Balaban J connectivity index is 2.02. The topological polar surface area (TPSA) is 107 Å².